The van der Waals surface area contributed by atoms with Gasteiger partial charge in [-0.2, -0.15) is 0 Å². The molecule has 0 amide bonds. The summed E-state index contributed by atoms with van der Waals surface area (Å²) >= 11 is 0. The van der Waals surface area contributed by atoms with Crippen molar-refractivity contribution in [1.29, 1.82) is 0 Å². The second kappa shape index (κ2) is 53.1. The number of piperidine rings is 1. The first-order valence-electron chi connectivity index (χ1n) is 31.3. The highest BCUT2D eigenvalue weighted by atomic mass is 16.7. The lowest BCUT2D eigenvalue weighted by molar-refractivity contribution is -0.154. The van der Waals surface area contributed by atoms with Crippen molar-refractivity contribution in [2.24, 2.45) is 0 Å². The zero-order valence-corrected chi connectivity index (χ0v) is 49.1. The van der Waals surface area contributed by atoms with Crippen molar-refractivity contribution in [3.8, 4) is 0 Å². The van der Waals surface area contributed by atoms with Crippen molar-refractivity contribution in [1.82, 2.24) is 9.80 Å². The molecule has 0 aromatic carbocycles. The summed E-state index contributed by atoms with van der Waals surface area (Å²) in [4.78, 5) is 44.4. The summed E-state index contributed by atoms with van der Waals surface area (Å²) < 4.78 is 48.7. The Morgan fingerprint density at radius 2 is 0.919 bits per heavy atom. The summed E-state index contributed by atoms with van der Waals surface area (Å²) in [5.41, 5.74) is 0. The van der Waals surface area contributed by atoms with E-state index in [0.29, 0.717) is 71.7 Å². The van der Waals surface area contributed by atoms with Gasteiger partial charge in [-0.3, -0.25) is 19.3 Å². The normalized spacial score (nSPS) is 14.4. The smallest absolute Gasteiger partial charge is 0.306 e. The van der Waals surface area contributed by atoms with Gasteiger partial charge in [0.05, 0.1) is 12.8 Å². The van der Waals surface area contributed by atoms with Crippen LogP contribution in [0.3, 0.4) is 0 Å². The van der Waals surface area contributed by atoms with Gasteiger partial charge in [0.1, 0.15) is 19.3 Å². The molecule has 3 unspecified atom stereocenters. The SMILES string of the molecule is CCCCCCCCOC(CCCCC(=O)OCC(COC(=O)CCCCC(OCCC)OCCCC)N(CCCN1CCCCC1)COCCCC(=O)OC(CCC)CCCCCC)OCCCCCCCC. The van der Waals surface area contributed by atoms with E-state index in [1.807, 2.05) is 0 Å². The Bertz CT molecular complexity index is 1220. The second-order valence-corrected chi connectivity index (χ2v) is 21.2. The Kier molecular flexibility index (Phi) is 50.4. The molecule has 1 rings (SSSR count). The van der Waals surface area contributed by atoms with Gasteiger partial charge >= 0.3 is 17.9 Å². The molecule has 0 aliphatic carbocycles. The molecule has 1 heterocycles. The highest BCUT2D eigenvalue weighted by Crippen LogP contribution is 2.18. The predicted molar refractivity (Wildman–Crippen MR) is 301 cm³/mol. The van der Waals surface area contributed by atoms with Crippen molar-refractivity contribution in [2.75, 3.05) is 79.2 Å². The van der Waals surface area contributed by atoms with Gasteiger partial charge in [-0.15, -0.1) is 0 Å². The van der Waals surface area contributed by atoms with Crippen molar-refractivity contribution in [3.63, 3.8) is 0 Å². The van der Waals surface area contributed by atoms with E-state index in [-0.39, 0.29) is 63.0 Å². The van der Waals surface area contributed by atoms with Crippen molar-refractivity contribution in [2.45, 2.75) is 297 Å². The Hall–Kier alpha value is -1.87. The molecule has 0 aromatic heterocycles. The maximum Gasteiger partial charge on any atom is 0.306 e. The van der Waals surface area contributed by atoms with Gasteiger partial charge in [-0.05, 0) is 129 Å². The maximum absolute atomic E-state index is 13.4. The van der Waals surface area contributed by atoms with Crippen LogP contribution in [0.25, 0.3) is 0 Å². The van der Waals surface area contributed by atoms with Crippen molar-refractivity contribution >= 4 is 17.9 Å². The van der Waals surface area contributed by atoms with E-state index in [4.69, 9.17) is 37.9 Å². The summed E-state index contributed by atoms with van der Waals surface area (Å²) in [6.45, 7) is 20.5. The van der Waals surface area contributed by atoms with E-state index < -0.39 is 6.04 Å². The molecule has 0 spiro atoms. The molecule has 0 N–H and O–H groups in total. The fourth-order valence-electron chi connectivity index (χ4n) is 9.34. The van der Waals surface area contributed by atoms with Crippen LogP contribution in [0.1, 0.15) is 273 Å². The van der Waals surface area contributed by atoms with E-state index in [2.05, 4.69) is 51.3 Å². The molecular weight excluding hydrogens is 937 g/mol. The van der Waals surface area contributed by atoms with Gasteiger partial charge in [0.25, 0.3) is 0 Å². The highest BCUT2D eigenvalue weighted by Gasteiger charge is 2.24. The number of rotatable bonds is 56. The lowest BCUT2D eigenvalue weighted by Gasteiger charge is -2.32. The van der Waals surface area contributed by atoms with E-state index >= 15 is 0 Å². The van der Waals surface area contributed by atoms with Crippen LogP contribution in [0.4, 0.5) is 0 Å². The van der Waals surface area contributed by atoms with Crippen LogP contribution in [0, 0.1) is 0 Å². The quantitative estimate of drug-likeness (QED) is 0.0248. The number of unbranched alkanes of at least 4 members (excludes halogenated alkanes) is 16. The largest absolute Gasteiger partial charge is 0.464 e. The molecule has 438 valence electrons. The zero-order valence-electron chi connectivity index (χ0n) is 49.1. The van der Waals surface area contributed by atoms with Gasteiger partial charge in [0.15, 0.2) is 12.6 Å². The predicted octanol–water partition coefficient (Wildman–Crippen LogP) is 14.8. The average Bonchev–Trinajstić information content (AvgIpc) is 3.40. The summed E-state index contributed by atoms with van der Waals surface area (Å²) in [5, 5.41) is 0. The molecule has 0 bridgehead atoms. The summed E-state index contributed by atoms with van der Waals surface area (Å²) in [6.07, 6.45) is 34.9. The van der Waals surface area contributed by atoms with Crippen LogP contribution >= 0.6 is 0 Å². The van der Waals surface area contributed by atoms with Crippen LogP contribution in [-0.2, 0) is 52.3 Å². The van der Waals surface area contributed by atoms with Gasteiger partial charge in [-0.25, -0.2) is 0 Å². The van der Waals surface area contributed by atoms with Crippen molar-refractivity contribution < 1.29 is 52.3 Å². The fraction of sp³-hybridized carbons (Fsp3) is 0.951. The third-order valence-electron chi connectivity index (χ3n) is 14.0. The van der Waals surface area contributed by atoms with Crippen LogP contribution in [0.5, 0.6) is 0 Å². The third kappa shape index (κ3) is 43.2. The Morgan fingerprint density at radius 1 is 0.432 bits per heavy atom. The number of likely N-dealkylation sites (tertiary alicyclic amines) is 1. The minimum Gasteiger partial charge on any atom is -0.464 e. The molecule has 1 aliphatic heterocycles. The molecule has 74 heavy (non-hydrogen) atoms. The van der Waals surface area contributed by atoms with E-state index in [1.165, 1.54) is 103 Å². The van der Waals surface area contributed by atoms with E-state index in [1.54, 1.807) is 0 Å². The number of hydrogen-bond donors (Lipinski definition) is 0. The number of hydrogen-bond acceptors (Lipinski definition) is 13. The zero-order chi connectivity index (χ0) is 53.8. The first-order valence-corrected chi connectivity index (χ1v) is 31.3. The number of nitrogens with zero attached hydrogens (tertiary/aromatic N) is 2. The number of carbonyl (C=O) groups excluding carboxylic acids is 3. The molecule has 0 radical (unpaired) electrons. The molecule has 13 heteroatoms. The first-order chi connectivity index (χ1) is 36.3. The average molecular weight is 1060 g/mol. The molecule has 0 aromatic rings. The summed E-state index contributed by atoms with van der Waals surface area (Å²) in [5.74, 6) is -0.701. The molecule has 13 nitrogen and oxygen atoms in total. The van der Waals surface area contributed by atoms with Crippen LogP contribution in [0.2, 0.25) is 0 Å². The van der Waals surface area contributed by atoms with Crippen LogP contribution in [-0.4, -0.2) is 132 Å². The lowest BCUT2D eigenvalue weighted by atomic mass is 10.1. The standard InChI is InChI=1S/C61H118N2O11/c1-7-13-17-20-22-32-50-70-61(71-51-33-23-21-18-14-8-2)42-29-27-39-58(65)73-53-55(52-72-57(64)38-26-28-41-60(68-47-12-6)69-49-16-10-4)63(46-35-45-62-43-30-24-31-44-62)54-67-48-34-40-59(66)74-56(36-11-5)37-25-19-15-9-3/h55-56,60-61H,7-54H2,1-6H3. The topological polar surface area (TPSA) is 132 Å². The minimum atomic E-state index is -0.398. The Morgan fingerprint density at radius 3 is 1.46 bits per heavy atom. The third-order valence-corrected chi connectivity index (χ3v) is 14.0. The van der Waals surface area contributed by atoms with Gasteiger partial charge < -0.3 is 42.8 Å². The van der Waals surface area contributed by atoms with Gasteiger partial charge in [0.2, 0.25) is 0 Å². The molecule has 1 aliphatic rings. The maximum atomic E-state index is 13.4. The van der Waals surface area contributed by atoms with Crippen LogP contribution in [0.15, 0.2) is 0 Å². The second-order valence-electron chi connectivity index (χ2n) is 21.2. The number of esters is 3. The highest BCUT2D eigenvalue weighted by molar-refractivity contribution is 5.70. The molecule has 3 atom stereocenters. The monoisotopic (exact) mass is 1050 g/mol. The lowest BCUT2D eigenvalue weighted by Crippen LogP contribution is -2.45. The Balaban J connectivity index is 2.99. The fourth-order valence-corrected chi connectivity index (χ4v) is 9.34. The first kappa shape index (κ1) is 70.1. The number of carbonyl (C=O) groups is 3. The molecule has 0 saturated carbocycles. The van der Waals surface area contributed by atoms with Gasteiger partial charge in [-0.1, -0.05) is 144 Å². The number of ether oxygens (including phenoxy) is 8. The van der Waals surface area contributed by atoms with Crippen molar-refractivity contribution in [3.05, 3.63) is 0 Å². The Labute approximate surface area is 455 Å². The molecular formula is C61H118N2O11. The molecule has 1 fully saturated rings. The van der Waals surface area contributed by atoms with E-state index in [9.17, 15) is 14.4 Å². The van der Waals surface area contributed by atoms with Gasteiger partial charge in [0, 0.05) is 58.8 Å². The minimum absolute atomic E-state index is 0.0208. The van der Waals surface area contributed by atoms with E-state index in [0.717, 1.165) is 110 Å². The summed E-state index contributed by atoms with van der Waals surface area (Å²) in [7, 11) is 0. The summed E-state index contributed by atoms with van der Waals surface area (Å²) in [6, 6.07) is -0.398. The molecule has 1 saturated heterocycles. The van der Waals surface area contributed by atoms with Crippen LogP contribution < -0.4 is 0 Å².